The zero-order chi connectivity index (χ0) is 10.7. The zero-order valence-corrected chi connectivity index (χ0v) is 8.36. The Labute approximate surface area is 82.7 Å². The molecule has 78 valence electrons. The molecular formula is C10H15NO3. The fourth-order valence-electron chi connectivity index (χ4n) is 1.41. The maximum atomic E-state index is 10.8. The molecule has 0 aromatic carbocycles. The molecule has 0 saturated carbocycles. The second kappa shape index (κ2) is 4.28. The van der Waals surface area contributed by atoms with E-state index in [9.17, 15) is 4.79 Å². The molecular weight excluding hydrogens is 182 g/mol. The van der Waals surface area contributed by atoms with Crippen LogP contribution in [0.4, 0.5) is 0 Å². The lowest BCUT2D eigenvalue weighted by molar-refractivity contribution is -0.142. The first-order valence-corrected chi connectivity index (χ1v) is 4.61. The van der Waals surface area contributed by atoms with Crippen molar-refractivity contribution >= 4 is 5.97 Å². The summed E-state index contributed by atoms with van der Waals surface area (Å²) in [6.07, 6.45) is 0.496. The van der Waals surface area contributed by atoms with Gasteiger partial charge in [0.25, 0.3) is 0 Å². The van der Waals surface area contributed by atoms with E-state index in [2.05, 4.69) is 0 Å². The molecule has 2 unspecified atom stereocenters. The van der Waals surface area contributed by atoms with Gasteiger partial charge in [-0.15, -0.1) is 0 Å². The highest BCUT2D eigenvalue weighted by Gasteiger charge is 2.26. The molecule has 2 atom stereocenters. The monoisotopic (exact) mass is 197 g/mol. The Hall–Kier alpha value is -1.29. The maximum absolute atomic E-state index is 10.8. The van der Waals surface area contributed by atoms with E-state index in [1.807, 2.05) is 0 Å². The van der Waals surface area contributed by atoms with Crippen LogP contribution in [0.2, 0.25) is 0 Å². The lowest BCUT2D eigenvalue weighted by atomic mass is 9.96. The highest BCUT2D eigenvalue weighted by atomic mass is 16.4. The first-order valence-electron chi connectivity index (χ1n) is 4.61. The summed E-state index contributed by atoms with van der Waals surface area (Å²) in [6, 6.07) is 2.95. The third kappa shape index (κ3) is 2.14. The van der Waals surface area contributed by atoms with Gasteiger partial charge in [0.05, 0.1) is 12.0 Å². The highest BCUT2D eigenvalue weighted by molar-refractivity contribution is 5.71. The molecule has 3 N–H and O–H groups in total. The number of furan rings is 1. The highest BCUT2D eigenvalue weighted by Crippen LogP contribution is 2.24. The molecule has 0 bridgehead atoms. The number of carbonyl (C=O) groups is 1. The Morgan fingerprint density at radius 2 is 2.29 bits per heavy atom. The Morgan fingerprint density at radius 3 is 2.64 bits per heavy atom. The van der Waals surface area contributed by atoms with Crippen molar-refractivity contribution in [1.29, 1.82) is 0 Å². The van der Waals surface area contributed by atoms with Crippen molar-refractivity contribution in [2.75, 3.05) is 0 Å². The van der Waals surface area contributed by atoms with Crippen LogP contribution in [0.1, 0.15) is 30.9 Å². The molecule has 1 aromatic heterocycles. The van der Waals surface area contributed by atoms with Crippen LogP contribution in [-0.2, 0) is 4.79 Å². The normalized spacial score (nSPS) is 15.1. The first-order chi connectivity index (χ1) is 6.56. The topological polar surface area (TPSA) is 76.5 Å². The molecule has 1 heterocycles. The van der Waals surface area contributed by atoms with Crippen LogP contribution in [0.15, 0.2) is 16.5 Å². The average Bonchev–Trinajstić information content (AvgIpc) is 2.52. The third-order valence-corrected chi connectivity index (χ3v) is 2.28. The second-order valence-electron chi connectivity index (χ2n) is 3.33. The van der Waals surface area contributed by atoms with E-state index in [1.54, 1.807) is 26.0 Å². The van der Waals surface area contributed by atoms with Gasteiger partial charge < -0.3 is 15.3 Å². The summed E-state index contributed by atoms with van der Waals surface area (Å²) in [4.78, 5) is 10.8. The lowest BCUT2D eigenvalue weighted by Crippen LogP contribution is -2.27. The Kier molecular flexibility index (Phi) is 3.30. The van der Waals surface area contributed by atoms with E-state index in [4.69, 9.17) is 15.3 Å². The molecule has 4 heteroatoms. The van der Waals surface area contributed by atoms with Gasteiger partial charge in [-0.05, 0) is 25.5 Å². The molecule has 14 heavy (non-hydrogen) atoms. The molecule has 0 radical (unpaired) electrons. The van der Waals surface area contributed by atoms with E-state index >= 15 is 0 Å². The first kappa shape index (κ1) is 10.8. The van der Waals surface area contributed by atoms with E-state index in [-0.39, 0.29) is 0 Å². The van der Waals surface area contributed by atoms with E-state index in [0.29, 0.717) is 12.2 Å². The van der Waals surface area contributed by atoms with Gasteiger partial charge in [-0.25, -0.2) is 0 Å². The Morgan fingerprint density at radius 1 is 1.64 bits per heavy atom. The number of aryl methyl sites for hydroxylation is 1. The van der Waals surface area contributed by atoms with Crippen LogP contribution in [0.3, 0.4) is 0 Å². The van der Waals surface area contributed by atoms with Gasteiger partial charge in [0.1, 0.15) is 11.5 Å². The largest absolute Gasteiger partial charge is 0.481 e. The van der Waals surface area contributed by atoms with Crippen LogP contribution < -0.4 is 5.73 Å². The predicted octanol–water partition coefficient (Wildman–Crippen LogP) is 1.70. The van der Waals surface area contributed by atoms with Gasteiger partial charge in [0.2, 0.25) is 0 Å². The molecule has 4 nitrogen and oxygen atoms in total. The van der Waals surface area contributed by atoms with Crippen LogP contribution in [-0.4, -0.2) is 11.1 Å². The minimum atomic E-state index is -0.881. The summed E-state index contributed by atoms with van der Waals surface area (Å²) in [5.41, 5.74) is 5.79. The fraction of sp³-hybridized carbons (Fsp3) is 0.500. The van der Waals surface area contributed by atoms with Gasteiger partial charge in [-0.1, -0.05) is 6.92 Å². The Balaban J connectivity index is 2.82. The number of hydrogen-bond donors (Lipinski definition) is 2. The van der Waals surface area contributed by atoms with Gasteiger partial charge >= 0.3 is 5.97 Å². The summed E-state index contributed by atoms with van der Waals surface area (Å²) in [5, 5.41) is 8.89. The number of aliphatic carboxylic acids is 1. The minimum absolute atomic E-state index is 0.496. The van der Waals surface area contributed by atoms with Gasteiger partial charge in [-0.3, -0.25) is 4.79 Å². The molecule has 1 rings (SSSR count). The van der Waals surface area contributed by atoms with Crippen LogP contribution >= 0.6 is 0 Å². The van der Waals surface area contributed by atoms with Crippen molar-refractivity contribution in [3.05, 3.63) is 23.7 Å². The van der Waals surface area contributed by atoms with Crippen molar-refractivity contribution in [2.24, 2.45) is 11.7 Å². The fourth-order valence-corrected chi connectivity index (χ4v) is 1.41. The lowest BCUT2D eigenvalue weighted by Gasteiger charge is -2.15. The molecule has 0 aliphatic carbocycles. The van der Waals surface area contributed by atoms with Gasteiger partial charge in [0, 0.05) is 0 Å². The molecule has 0 spiro atoms. The Bertz CT molecular complexity index is 319. The summed E-state index contributed by atoms with van der Waals surface area (Å²) in [5.74, 6) is -0.179. The van der Waals surface area contributed by atoms with Crippen molar-refractivity contribution in [3.63, 3.8) is 0 Å². The zero-order valence-electron chi connectivity index (χ0n) is 8.36. The van der Waals surface area contributed by atoms with Gasteiger partial charge in [-0.2, -0.15) is 0 Å². The van der Waals surface area contributed by atoms with Crippen LogP contribution in [0.25, 0.3) is 0 Å². The van der Waals surface area contributed by atoms with Crippen LogP contribution in [0, 0.1) is 12.8 Å². The molecule has 0 fully saturated rings. The predicted molar refractivity (Wildman–Crippen MR) is 51.8 cm³/mol. The van der Waals surface area contributed by atoms with Gasteiger partial charge in [0.15, 0.2) is 0 Å². The quantitative estimate of drug-likeness (QED) is 0.770. The third-order valence-electron chi connectivity index (χ3n) is 2.28. The average molecular weight is 197 g/mol. The summed E-state index contributed by atoms with van der Waals surface area (Å²) >= 11 is 0. The van der Waals surface area contributed by atoms with E-state index < -0.39 is 17.9 Å². The van der Waals surface area contributed by atoms with Crippen molar-refractivity contribution in [2.45, 2.75) is 26.3 Å². The molecule has 1 aromatic rings. The minimum Gasteiger partial charge on any atom is -0.481 e. The van der Waals surface area contributed by atoms with Crippen molar-refractivity contribution in [1.82, 2.24) is 0 Å². The van der Waals surface area contributed by atoms with E-state index in [1.165, 1.54) is 0 Å². The molecule has 0 aliphatic rings. The standard InChI is InChI=1S/C10H15NO3/c1-3-7(10(12)13)9(11)8-5-4-6(2)14-8/h4-5,7,9H,3,11H2,1-2H3,(H,12,13). The van der Waals surface area contributed by atoms with Crippen LogP contribution in [0.5, 0.6) is 0 Å². The summed E-state index contributed by atoms with van der Waals surface area (Å²) < 4.78 is 5.29. The number of hydrogen-bond acceptors (Lipinski definition) is 3. The molecule has 0 aliphatic heterocycles. The second-order valence-corrected chi connectivity index (χ2v) is 3.33. The van der Waals surface area contributed by atoms with Crippen molar-refractivity contribution < 1.29 is 14.3 Å². The molecule has 0 saturated heterocycles. The number of carboxylic acids is 1. The number of rotatable bonds is 4. The van der Waals surface area contributed by atoms with Crippen molar-refractivity contribution in [3.8, 4) is 0 Å². The molecule has 0 amide bonds. The summed E-state index contributed by atoms with van der Waals surface area (Å²) in [7, 11) is 0. The number of nitrogens with two attached hydrogens (primary N) is 1. The summed E-state index contributed by atoms with van der Waals surface area (Å²) in [6.45, 7) is 3.60. The number of carboxylic acid groups (broad SMARTS) is 1. The SMILES string of the molecule is CCC(C(=O)O)C(N)c1ccc(C)o1. The maximum Gasteiger partial charge on any atom is 0.308 e. The smallest absolute Gasteiger partial charge is 0.308 e. The van der Waals surface area contributed by atoms with E-state index in [0.717, 1.165) is 5.76 Å².